The van der Waals surface area contributed by atoms with E-state index in [-0.39, 0.29) is 0 Å². The van der Waals surface area contributed by atoms with Crippen LogP contribution in [0.1, 0.15) is 12.8 Å². The smallest absolute Gasteiger partial charge is 0.0945 e. The Bertz CT molecular complexity index is 239. The molecule has 2 rings (SSSR count). The second-order valence-electron chi connectivity index (χ2n) is 3.80. The molecule has 1 fully saturated rings. The zero-order valence-corrected chi connectivity index (χ0v) is 8.45. The van der Waals surface area contributed by atoms with E-state index in [1.165, 1.54) is 19.4 Å². The van der Waals surface area contributed by atoms with Crippen LogP contribution in [0.15, 0.2) is 18.7 Å². The predicted octanol–water partition coefficient (Wildman–Crippen LogP) is 0.225. The molecule has 1 aromatic heterocycles. The molecule has 2 N–H and O–H groups in total. The second-order valence-corrected chi connectivity index (χ2v) is 3.80. The number of hydrogen-bond acceptors (Lipinski definition) is 3. The van der Waals surface area contributed by atoms with Gasteiger partial charge in [-0.3, -0.25) is 0 Å². The first-order valence-electron chi connectivity index (χ1n) is 5.35. The lowest BCUT2D eigenvalue weighted by Crippen LogP contribution is -2.32. The maximum absolute atomic E-state index is 4.01. The van der Waals surface area contributed by atoms with Crippen LogP contribution in [0.5, 0.6) is 0 Å². The molecule has 0 spiro atoms. The Morgan fingerprint density at radius 2 is 2.57 bits per heavy atom. The Morgan fingerprint density at radius 3 is 3.29 bits per heavy atom. The van der Waals surface area contributed by atoms with Gasteiger partial charge >= 0.3 is 0 Å². The van der Waals surface area contributed by atoms with Gasteiger partial charge in [-0.05, 0) is 25.9 Å². The van der Waals surface area contributed by atoms with Crippen LogP contribution >= 0.6 is 0 Å². The molecule has 0 saturated carbocycles. The maximum atomic E-state index is 4.01. The van der Waals surface area contributed by atoms with Crippen LogP contribution in [0.4, 0.5) is 0 Å². The van der Waals surface area contributed by atoms with E-state index in [9.17, 15) is 0 Å². The summed E-state index contributed by atoms with van der Waals surface area (Å²) in [6, 6.07) is 0.692. The van der Waals surface area contributed by atoms with Crippen molar-refractivity contribution in [2.45, 2.75) is 25.4 Å². The van der Waals surface area contributed by atoms with Gasteiger partial charge in [-0.1, -0.05) is 0 Å². The number of rotatable bonds is 5. The minimum Gasteiger partial charge on any atom is -0.337 e. The molecule has 1 saturated heterocycles. The molecule has 0 bridgehead atoms. The number of imidazole rings is 1. The number of nitrogens with zero attached hydrogens (tertiary/aromatic N) is 2. The third-order valence-corrected chi connectivity index (χ3v) is 2.65. The van der Waals surface area contributed by atoms with Crippen LogP contribution in [-0.2, 0) is 6.54 Å². The van der Waals surface area contributed by atoms with Gasteiger partial charge in [0.15, 0.2) is 0 Å². The van der Waals surface area contributed by atoms with E-state index in [4.69, 9.17) is 0 Å². The SMILES string of the molecule is c1cn(CCCNC2CCNC2)cn1. The second kappa shape index (κ2) is 5.12. The van der Waals surface area contributed by atoms with Gasteiger partial charge in [-0.2, -0.15) is 0 Å². The Hall–Kier alpha value is -0.870. The van der Waals surface area contributed by atoms with Crippen LogP contribution in [0, 0.1) is 0 Å². The molecule has 0 radical (unpaired) electrons. The molecule has 1 aliphatic rings. The molecular weight excluding hydrogens is 176 g/mol. The van der Waals surface area contributed by atoms with Gasteiger partial charge in [0.05, 0.1) is 6.33 Å². The van der Waals surface area contributed by atoms with Crippen molar-refractivity contribution in [2.24, 2.45) is 0 Å². The lowest BCUT2D eigenvalue weighted by molar-refractivity contribution is 0.511. The Morgan fingerprint density at radius 1 is 1.57 bits per heavy atom. The van der Waals surface area contributed by atoms with Crippen molar-refractivity contribution in [3.05, 3.63) is 18.7 Å². The topological polar surface area (TPSA) is 41.9 Å². The third-order valence-electron chi connectivity index (χ3n) is 2.65. The van der Waals surface area contributed by atoms with Crippen molar-refractivity contribution in [1.82, 2.24) is 20.2 Å². The number of nitrogens with one attached hydrogen (secondary N) is 2. The van der Waals surface area contributed by atoms with Gasteiger partial charge in [-0.25, -0.2) is 4.98 Å². The van der Waals surface area contributed by atoms with Crippen LogP contribution in [0.3, 0.4) is 0 Å². The highest BCUT2D eigenvalue weighted by Gasteiger charge is 2.12. The molecule has 14 heavy (non-hydrogen) atoms. The Labute approximate surface area is 84.7 Å². The fourth-order valence-corrected chi connectivity index (χ4v) is 1.82. The summed E-state index contributed by atoms with van der Waals surface area (Å²) in [5, 5.41) is 6.90. The summed E-state index contributed by atoms with van der Waals surface area (Å²) in [4.78, 5) is 4.01. The highest BCUT2D eigenvalue weighted by molar-refractivity contribution is 4.77. The van der Waals surface area contributed by atoms with Crippen LogP contribution < -0.4 is 10.6 Å². The molecule has 4 nitrogen and oxygen atoms in total. The first-order valence-corrected chi connectivity index (χ1v) is 5.35. The third kappa shape index (κ3) is 2.82. The molecule has 0 amide bonds. The van der Waals surface area contributed by atoms with Crippen molar-refractivity contribution in [3.63, 3.8) is 0 Å². The summed E-state index contributed by atoms with van der Waals surface area (Å²) < 4.78 is 2.12. The zero-order chi connectivity index (χ0) is 9.64. The number of aryl methyl sites for hydroxylation is 1. The molecule has 1 aromatic rings. The fourth-order valence-electron chi connectivity index (χ4n) is 1.82. The van der Waals surface area contributed by atoms with Gasteiger partial charge in [0.2, 0.25) is 0 Å². The minimum absolute atomic E-state index is 0.692. The van der Waals surface area contributed by atoms with E-state index in [1.807, 2.05) is 18.7 Å². The van der Waals surface area contributed by atoms with Gasteiger partial charge in [0.1, 0.15) is 0 Å². The van der Waals surface area contributed by atoms with Crippen LogP contribution in [0.2, 0.25) is 0 Å². The highest BCUT2D eigenvalue weighted by atomic mass is 15.0. The normalized spacial score (nSPS) is 21.6. The monoisotopic (exact) mass is 194 g/mol. The summed E-state index contributed by atoms with van der Waals surface area (Å²) in [7, 11) is 0. The number of hydrogen-bond donors (Lipinski definition) is 2. The Kier molecular flexibility index (Phi) is 3.54. The summed E-state index contributed by atoms with van der Waals surface area (Å²) in [6.07, 6.45) is 8.15. The van der Waals surface area contributed by atoms with Gasteiger partial charge in [0.25, 0.3) is 0 Å². The standard InChI is InChI=1S/C10H18N4/c1(6-14-7-5-12-9-14)3-13-10-2-4-11-8-10/h5,7,9-11,13H,1-4,6,8H2. The van der Waals surface area contributed by atoms with Crippen LogP contribution in [-0.4, -0.2) is 35.2 Å². The lowest BCUT2D eigenvalue weighted by Gasteiger charge is -2.10. The molecule has 1 unspecified atom stereocenters. The van der Waals surface area contributed by atoms with E-state index in [0.29, 0.717) is 6.04 Å². The van der Waals surface area contributed by atoms with Gasteiger partial charge in [0, 0.05) is 31.5 Å². The Balaban J connectivity index is 1.55. The molecular formula is C10H18N4. The molecule has 0 aliphatic carbocycles. The average molecular weight is 194 g/mol. The van der Waals surface area contributed by atoms with E-state index >= 15 is 0 Å². The summed E-state index contributed by atoms with van der Waals surface area (Å²) in [5.41, 5.74) is 0. The number of aromatic nitrogens is 2. The van der Waals surface area contributed by atoms with E-state index in [0.717, 1.165) is 19.6 Å². The first-order chi connectivity index (χ1) is 6.95. The van der Waals surface area contributed by atoms with Crippen molar-refractivity contribution in [3.8, 4) is 0 Å². The molecule has 1 aliphatic heterocycles. The van der Waals surface area contributed by atoms with E-state index < -0.39 is 0 Å². The first kappa shape index (κ1) is 9.68. The molecule has 78 valence electrons. The quantitative estimate of drug-likeness (QED) is 0.659. The minimum atomic E-state index is 0.692. The van der Waals surface area contributed by atoms with Crippen molar-refractivity contribution in [1.29, 1.82) is 0 Å². The van der Waals surface area contributed by atoms with Gasteiger partial charge in [-0.15, -0.1) is 0 Å². The summed E-state index contributed by atoms with van der Waals surface area (Å²) >= 11 is 0. The molecule has 0 aromatic carbocycles. The summed E-state index contributed by atoms with van der Waals surface area (Å²) in [5.74, 6) is 0. The predicted molar refractivity (Wildman–Crippen MR) is 56.1 cm³/mol. The zero-order valence-electron chi connectivity index (χ0n) is 8.45. The fraction of sp³-hybridized carbons (Fsp3) is 0.700. The lowest BCUT2D eigenvalue weighted by atomic mass is 10.2. The van der Waals surface area contributed by atoms with Crippen molar-refractivity contribution < 1.29 is 0 Å². The van der Waals surface area contributed by atoms with E-state index in [1.54, 1.807) is 0 Å². The van der Waals surface area contributed by atoms with Gasteiger partial charge < -0.3 is 15.2 Å². The summed E-state index contributed by atoms with van der Waals surface area (Å²) in [6.45, 7) is 4.46. The largest absolute Gasteiger partial charge is 0.337 e. The van der Waals surface area contributed by atoms with Crippen LogP contribution in [0.25, 0.3) is 0 Å². The average Bonchev–Trinajstić information content (AvgIpc) is 2.86. The maximum Gasteiger partial charge on any atom is 0.0945 e. The molecule has 1 atom stereocenters. The van der Waals surface area contributed by atoms with E-state index in [2.05, 4.69) is 20.2 Å². The van der Waals surface area contributed by atoms with Crippen molar-refractivity contribution in [2.75, 3.05) is 19.6 Å². The highest BCUT2D eigenvalue weighted by Crippen LogP contribution is 1.97. The van der Waals surface area contributed by atoms with Crippen molar-refractivity contribution >= 4 is 0 Å². The molecule has 2 heterocycles. The molecule has 4 heteroatoms.